The Kier molecular flexibility index (Phi) is 6.08. The second kappa shape index (κ2) is 9.26. The SMILES string of the molecule is COc1ccc(CCNC(=O)c2cc(-c3ccccn3)nc3ccccc23)c(OC)c1. The Labute approximate surface area is 180 Å². The van der Waals surface area contributed by atoms with Crippen LogP contribution < -0.4 is 14.8 Å². The van der Waals surface area contributed by atoms with Crippen molar-refractivity contribution in [1.82, 2.24) is 15.3 Å². The Bertz CT molecular complexity index is 1210. The lowest BCUT2D eigenvalue weighted by Crippen LogP contribution is -2.26. The minimum atomic E-state index is -0.150. The van der Waals surface area contributed by atoms with E-state index in [2.05, 4.69) is 15.3 Å². The molecule has 6 nitrogen and oxygen atoms in total. The average molecular weight is 413 g/mol. The normalized spacial score (nSPS) is 10.6. The van der Waals surface area contributed by atoms with Crippen LogP contribution in [-0.4, -0.2) is 36.6 Å². The van der Waals surface area contributed by atoms with Crippen molar-refractivity contribution in [2.24, 2.45) is 0 Å². The molecule has 0 aliphatic rings. The third-order valence-corrected chi connectivity index (χ3v) is 5.06. The van der Waals surface area contributed by atoms with Crippen molar-refractivity contribution in [2.75, 3.05) is 20.8 Å². The summed E-state index contributed by atoms with van der Waals surface area (Å²) in [5, 5.41) is 3.83. The predicted octanol–water partition coefficient (Wildman–Crippen LogP) is 4.29. The summed E-state index contributed by atoms with van der Waals surface area (Å²) in [5.41, 5.74) is 3.73. The van der Waals surface area contributed by atoms with Crippen molar-refractivity contribution in [3.05, 3.63) is 84.1 Å². The van der Waals surface area contributed by atoms with Gasteiger partial charge in [-0.3, -0.25) is 9.78 Å². The molecule has 1 N–H and O–H groups in total. The van der Waals surface area contributed by atoms with Crippen LogP contribution in [0.15, 0.2) is 72.9 Å². The van der Waals surface area contributed by atoms with E-state index in [0.29, 0.717) is 24.2 Å². The first-order valence-corrected chi connectivity index (χ1v) is 10.00. The molecule has 31 heavy (non-hydrogen) atoms. The highest BCUT2D eigenvalue weighted by atomic mass is 16.5. The number of carbonyl (C=O) groups excluding carboxylic acids is 1. The molecule has 4 aromatic rings. The molecule has 1 amide bonds. The number of fused-ring (bicyclic) bond motifs is 1. The molecular weight excluding hydrogens is 390 g/mol. The van der Waals surface area contributed by atoms with Gasteiger partial charge >= 0.3 is 0 Å². The molecule has 2 heterocycles. The van der Waals surface area contributed by atoms with E-state index in [4.69, 9.17) is 9.47 Å². The van der Waals surface area contributed by atoms with Crippen molar-refractivity contribution in [2.45, 2.75) is 6.42 Å². The molecule has 0 radical (unpaired) electrons. The molecule has 0 aliphatic carbocycles. The van der Waals surface area contributed by atoms with E-state index in [0.717, 1.165) is 33.7 Å². The van der Waals surface area contributed by atoms with Crippen molar-refractivity contribution in [3.8, 4) is 22.9 Å². The molecule has 4 rings (SSSR count). The number of carbonyl (C=O) groups is 1. The summed E-state index contributed by atoms with van der Waals surface area (Å²) in [7, 11) is 3.24. The second-order valence-corrected chi connectivity index (χ2v) is 6.97. The van der Waals surface area contributed by atoms with E-state index in [1.165, 1.54) is 0 Å². The monoisotopic (exact) mass is 413 g/mol. The van der Waals surface area contributed by atoms with Crippen LogP contribution in [0.4, 0.5) is 0 Å². The first-order valence-electron chi connectivity index (χ1n) is 10.00. The Morgan fingerprint density at radius 3 is 2.55 bits per heavy atom. The molecule has 0 saturated carbocycles. The van der Waals surface area contributed by atoms with E-state index in [-0.39, 0.29) is 5.91 Å². The number of pyridine rings is 2. The fourth-order valence-electron chi connectivity index (χ4n) is 3.47. The molecule has 2 aromatic heterocycles. The number of para-hydroxylation sites is 1. The molecule has 0 bridgehead atoms. The first-order chi connectivity index (χ1) is 15.2. The minimum Gasteiger partial charge on any atom is -0.497 e. The number of hydrogen-bond acceptors (Lipinski definition) is 5. The molecule has 0 atom stereocenters. The van der Waals surface area contributed by atoms with Gasteiger partial charge < -0.3 is 14.8 Å². The lowest BCUT2D eigenvalue weighted by molar-refractivity contribution is 0.0955. The van der Waals surface area contributed by atoms with Crippen molar-refractivity contribution >= 4 is 16.8 Å². The van der Waals surface area contributed by atoms with Crippen LogP contribution in [0.2, 0.25) is 0 Å². The van der Waals surface area contributed by atoms with Gasteiger partial charge in [-0.15, -0.1) is 0 Å². The van der Waals surface area contributed by atoms with Crippen LogP contribution in [0.25, 0.3) is 22.3 Å². The van der Waals surface area contributed by atoms with Gasteiger partial charge in [-0.25, -0.2) is 4.98 Å². The lowest BCUT2D eigenvalue weighted by atomic mass is 10.1. The maximum absolute atomic E-state index is 13.1. The standard InChI is InChI=1S/C25H23N3O3/c1-30-18-11-10-17(24(15-18)31-2)12-14-27-25(29)20-16-23(22-9-5-6-13-26-22)28-21-8-4-3-7-19(20)21/h3-11,13,15-16H,12,14H2,1-2H3,(H,27,29). The molecule has 2 aromatic carbocycles. The number of aromatic nitrogens is 2. The molecule has 0 unspecified atom stereocenters. The van der Waals surface area contributed by atoms with Crippen LogP contribution in [-0.2, 0) is 6.42 Å². The van der Waals surface area contributed by atoms with Gasteiger partial charge in [-0.05, 0) is 42.3 Å². The van der Waals surface area contributed by atoms with E-state index >= 15 is 0 Å². The average Bonchev–Trinajstić information content (AvgIpc) is 2.83. The van der Waals surface area contributed by atoms with Gasteiger partial charge in [0.2, 0.25) is 0 Å². The summed E-state index contributed by atoms with van der Waals surface area (Å²) < 4.78 is 10.7. The lowest BCUT2D eigenvalue weighted by Gasteiger charge is -2.12. The Balaban J connectivity index is 1.56. The molecule has 0 saturated heterocycles. The molecule has 6 heteroatoms. The quantitative estimate of drug-likeness (QED) is 0.489. The zero-order valence-electron chi connectivity index (χ0n) is 17.5. The van der Waals surface area contributed by atoms with Gasteiger partial charge in [0, 0.05) is 24.2 Å². The van der Waals surface area contributed by atoms with Crippen LogP contribution >= 0.6 is 0 Å². The smallest absolute Gasteiger partial charge is 0.252 e. The number of nitrogens with one attached hydrogen (secondary N) is 1. The number of rotatable bonds is 7. The minimum absolute atomic E-state index is 0.150. The molecule has 0 spiro atoms. The van der Waals surface area contributed by atoms with Crippen molar-refractivity contribution < 1.29 is 14.3 Å². The van der Waals surface area contributed by atoms with Crippen molar-refractivity contribution in [3.63, 3.8) is 0 Å². The molecule has 0 aliphatic heterocycles. The summed E-state index contributed by atoms with van der Waals surface area (Å²) in [6.07, 6.45) is 2.35. The summed E-state index contributed by atoms with van der Waals surface area (Å²) in [4.78, 5) is 22.1. The summed E-state index contributed by atoms with van der Waals surface area (Å²) in [6, 6.07) is 20.7. The third kappa shape index (κ3) is 4.48. The highest BCUT2D eigenvalue weighted by Gasteiger charge is 2.14. The van der Waals surface area contributed by atoms with Gasteiger partial charge in [0.1, 0.15) is 11.5 Å². The van der Waals surface area contributed by atoms with E-state index < -0.39 is 0 Å². The maximum Gasteiger partial charge on any atom is 0.252 e. The Morgan fingerprint density at radius 2 is 1.77 bits per heavy atom. The van der Waals surface area contributed by atoms with E-state index in [9.17, 15) is 4.79 Å². The van der Waals surface area contributed by atoms with Crippen LogP contribution in [0.1, 0.15) is 15.9 Å². The van der Waals surface area contributed by atoms with Gasteiger partial charge in [0.15, 0.2) is 0 Å². The molecular formula is C25H23N3O3. The largest absolute Gasteiger partial charge is 0.497 e. The Hall–Kier alpha value is -3.93. The topological polar surface area (TPSA) is 73.3 Å². The summed E-state index contributed by atoms with van der Waals surface area (Å²) in [5.74, 6) is 1.32. The molecule has 156 valence electrons. The number of ether oxygens (including phenoxy) is 2. The van der Waals surface area contributed by atoms with Gasteiger partial charge in [-0.2, -0.15) is 0 Å². The third-order valence-electron chi connectivity index (χ3n) is 5.06. The predicted molar refractivity (Wildman–Crippen MR) is 121 cm³/mol. The van der Waals surface area contributed by atoms with Crippen LogP contribution in [0.5, 0.6) is 11.5 Å². The second-order valence-electron chi connectivity index (χ2n) is 6.97. The van der Waals surface area contributed by atoms with Crippen LogP contribution in [0, 0.1) is 0 Å². The number of methoxy groups -OCH3 is 2. The summed E-state index contributed by atoms with van der Waals surface area (Å²) >= 11 is 0. The van der Waals surface area contributed by atoms with Gasteiger partial charge in [0.25, 0.3) is 5.91 Å². The van der Waals surface area contributed by atoms with Crippen LogP contribution in [0.3, 0.4) is 0 Å². The Morgan fingerprint density at radius 1 is 0.935 bits per heavy atom. The highest BCUT2D eigenvalue weighted by molar-refractivity contribution is 6.07. The number of hydrogen-bond donors (Lipinski definition) is 1. The fourth-order valence-corrected chi connectivity index (χ4v) is 3.47. The zero-order chi connectivity index (χ0) is 21.6. The number of nitrogens with zero attached hydrogens (tertiary/aromatic N) is 2. The van der Waals surface area contributed by atoms with Gasteiger partial charge in [0.05, 0.1) is 36.7 Å². The maximum atomic E-state index is 13.1. The zero-order valence-corrected chi connectivity index (χ0v) is 17.5. The number of amides is 1. The molecule has 0 fully saturated rings. The number of benzene rings is 2. The van der Waals surface area contributed by atoms with Gasteiger partial charge in [-0.1, -0.05) is 30.3 Å². The fraction of sp³-hybridized carbons (Fsp3) is 0.160. The summed E-state index contributed by atoms with van der Waals surface area (Å²) in [6.45, 7) is 0.469. The highest BCUT2D eigenvalue weighted by Crippen LogP contribution is 2.25. The first kappa shape index (κ1) is 20.3. The van der Waals surface area contributed by atoms with E-state index in [1.54, 1.807) is 26.5 Å². The van der Waals surface area contributed by atoms with Crippen molar-refractivity contribution in [1.29, 1.82) is 0 Å². The van der Waals surface area contributed by atoms with E-state index in [1.807, 2.05) is 60.7 Å².